The number of methoxy groups -OCH3 is 1. The number of aryl methyl sites for hydroxylation is 1. The second-order valence-electron chi connectivity index (χ2n) is 4.30. The molecule has 1 N–H and O–H groups in total. The highest BCUT2D eigenvalue weighted by atomic mass is 16.5. The topological polar surface area (TPSA) is 52.0 Å². The molecule has 2 aromatic rings. The predicted molar refractivity (Wildman–Crippen MR) is 73.4 cm³/mol. The molecule has 0 aliphatic rings. The number of hydrogen-bond acceptors (Lipinski definition) is 4. The van der Waals surface area contributed by atoms with Crippen LogP contribution in [0.5, 0.6) is 0 Å². The summed E-state index contributed by atoms with van der Waals surface area (Å²) < 4.78 is 7.10. The molecular formula is C14H20N4O. The van der Waals surface area contributed by atoms with E-state index in [4.69, 9.17) is 4.74 Å². The molecule has 1 aromatic carbocycles. The van der Waals surface area contributed by atoms with E-state index in [1.165, 1.54) is 11.1 Å². The largest absolute Gasteiger partial charge is 0.380 e. The van der Waals surface area contributed by atoms with Gasteiger partial charge in [0.25, 0.3) is 0 Å². The number of aromatic nitrogens is 3. The van der Waals surface area contributed by atoms with Crippen molar-refractivity contribution in [1.82, 2.24) is 20.1 Å². The van der Waals surface area contributed by atoms with E-state index in [0.717, 1.165) is 25.5 Å². The number of benzene rings is 1. The maximum atomic E-state index is 5.20. The minimum Gasteiger partial charge on any atom is -0.380 e. The third kappa shape index (κ3) is 3.62. The molecule has 5 nitrogen and oxygen atoms in total. The van der Waals surface area contributed by atoms with Crippen LogP contribution in [0, 0.1) is 0 Å². The second kappa shape index (κ2) is 7.01. The first-order valence-electron chi connectivity index (χ1n) is 6.48. The summed E-state index contributed by atoms with van der Waals surface area (Å²) >= 11 is 0. The van der Waals surface area contributed by atoms with Gasteiger partial charge in [-0.1, -0.05) is 24.3 Å². The van der Waals surface area contributed by atoms with Crippen LogP contribution in [0.4, 0.5) is 0 Å². The van der Waals surface area contributed by atoms with Crippen molar-refractivity contribution in [3.8, 4) is 0 Å². The van der Waals surface area contributed by atoms with Crippen LogP contribution in [0.25, 0.3) is 0 Å². The van der Waals surface area contributed by atoms with Gasteiger partial charge in [0.2, 0.25) is 0 Å². The van der Waals surface area contributed by atoms with Gasteiger partial charge in [-0.05, 0) is 18.1 Å². The Bertz CT molecular complexity index is 510. The highest BCUT2D eigenvalue weighted by molar-refractivity contribution is 5.26. The predicted octanol–water partition coefficient (Wildman–Crippen LogP) is 1.73. The van der Waals surface area contributed by atoms with E-state index in [0.29, 0.717) is 6.61 Å². The van der Waals surface area contributed by atoms with E-state index >= 15 is 0 Å². The van der Waals surface area contributed by atoms with Gasteiger partial charge in [0.05, 0.1) is 13.2 Å². The maximum absolute atomic E-state index is 5.20. The number of nitrogens with zero attached hydrogens (tertiary/aromatic N) is 3. The molecule has 102 valence electrons. The lowest BCUT2D eigenvalue weighted by atomic mass is 10.1. The van der Waals surface area contributed by atoms with Crippen molar-refractivity contribution < 1.29 is 4.74 Å². The Kier molecular flexibility index (Phi) is 5.06. The minimum absolute atomic E-state index is 0.642. The first kappa shape index (κ1) is 13.7. The van der Waals surface area contributed by atoms with E-state index in [2.05, 4.69) is 34.5 Å². The zero-order valence-corrected chi connectivity index (χ0v) is 11.5. The van der Waals surface area contributed by atoms with Gasteiger partial charge in [0.15, 0.2) is 0 Å². The summed E-state index contributed by atoms with van der Waals surface area (Å²) in [6.45, 7) is 5.07. The second-order valence-corrected chi connectivity index (χ2v) is 4.30. The lowest BCUT2D eigenvalue weighted by Gasteiger charge is -2.10. The molecule has 0 radical (unpaired) electrons. The van der Waals surface area contributed by atoms with Crippen molar-refractivity contribution >= 4 is 0 Å². The molecule has 1 aromatic heterocycles. The highest BCUT2D eigenvalue weighted by Gasteiger charge is 2.04. The van der Waals surface area contributed by atoms with Gasteiger partial charge in [-0.2, -0.15) is 5.10 Å². The average molecular weight is 260 g/mol. The highest BCUT2D eigenvalue weighted by Crippen LogP contribution is 2.09. The standard InChI is InChI=1S/C14H20N4O/c1-3-18-14(16-11-17-18)9-15-8-12-6-4-5-7-13(12)10-19-2/h4-7,11,15H,3,8-10H2,1-2H3. The molecule has 0 saturated carbocycles. The van der Waals surface area contributed by atoms with Crippen LogP contribution in [-0.2, 0) is 31.0 Å². The van der Waals surface area contributed by atoms with Gasteiger partial charge in [0, 0.05) is 20.2 Å². The Morgan fingerprint density at radius 2 is 2.00 bits per heavy atom. The van der Waals surface area contributed by atoms with Gasteiger partial charge < -0.3 is 10.1 Å². The number of nitrogens with one attached hydrogen (secondary N) is 1. The smallest absolute Gasteiger partial charge is 0.140 e. The molecule has 0 aliphatic heterocycles. The summed E-state index contributed by atoms with van der Waals surface area (Å²) in [6, 6.07) is 8.29. The summed E-state index contributed by atoms with van der Waals surface area (Å²) in [4.78, 5) is 4.24. The Morgan fingerprint density at radius 1 is 1.21 bits per heavy atom. The zero-order valence-electron chi connectivity index (χ0n) is 11.5. The number of hydrogen-bond donors (Lipinski definition) is 1. The Hall–Kier alpha value is -1.72. The summed E-state index contributed by atoms with van der Waals surface area (Å²) in [5, 5.41) is 7.55. The lowest BCUT2D eigenvalue weighted by Crippen LogP contribution is -2.18. The van der Waals surface area contributed by atoms with Crippen molar-refractivity contribution in [2.75, 3.05) is 7.11 Å². The molecule has 1 heterocycles. The van der Waals surface area contributed by atoms with Crippen LogP contribution < -0.4 is 5.32 Å². The van der Waals surface area contributed by atoms with Gasteiger partial charge in [-0.15, -0.1) is 0 Å². The molecule has 0 amide bonds. The molecule has 0 spiro atoms. The minimum atomic E-state index is 0.642. The summed E-state index contributed by atoms with van der Waals surface area (Å²) in [7, 11) is 1.72. The number of ether oxygens (including phenoxy) is 1. The lowest BCUT2D eigenvalue weighted by molar-refractivity contribution is 0.184. The fourth-order valence-corrected chi connectivity index (χ4v) is 2.02. The first-order chi connectivity index (χ1) is 9.35. The molecule has 0 unspecified atom stereocenters. The van der Waals surface area contributed by atoms with Crippen molar-refractivity contribution in [2.24, 2.45) is 0 Å². The summed E-state index contributed by atoms with van der Waals surface area (Å²) in [6.07, 6.45) is 1.60. The summed E-state index contributed by atoms with van der Waals surface area (Å²) in [5.41, 5.74) is 2.47. The van der Waals surface area contributed by atoms with Crippen LogP contribution in [0.2, 0.25) is 0 Å². The molecular weight excluding hydrogens is 240 g/mol. The third-order valence-electron chi connectivity index (χ3n) is 3.01. The Balaban J connectivity index is 1.92. The molecule has 5 heteroatoms. The molecule has 0 fully saturated rings. The zero-order chi connectivity index (χ0) is 13.5. The van der Waals surface area contributed by atoms with Gasteiger partial charge >= 0.3 is 0 Å². The van der Waals surface area contributed by atoms with E-state index in [1.807, 2.05) is 16.8 Å². The Labute approximate surface area is 113 Å². The molecule has 0 atom stereocenters. The maximum Gasteiger partial charge on any atom is 0.140 e. The summed E-state index contributed by atoms with van der Waals surface area (Å²) in [5.74, 6) is 0.965. The average Bonchev–Trinajstić information content (AvgIpc) is 2.88. The fraction of sp³-hybridized carbons (Fsp3) is 0.429. The van der Waals surface area contributed by atoms with E-state index in [1.54, 1.807) is 13.4 Å². The van der Waals surface area contributed by atoms with Crippen LogP contribution in [0.15, 0.2) is 30.6 Å². The molecule has 0 saturated heterocycles. The molecule has 0 bridgehead atoms. The third-order valence-corrected chi connectivity index (χ3v) is 3.01. The van der Waals surface area contributed by atoms with Crippen LogP contribution >= 0.6 is 0 Å². The van der Waals surface area contributed by atoms with Crippen molar-refractivity contribution in [2.45, 2.75) is 33.2 Å². The first-order valence-corrected chi connectivity index (χ1v) is 6.48. The normalized spacial score (nSPS) is 10.8. The molecule has 2 rings (SSSR count). The van der Waals surface area contributed by atoms with E-state index in [-0.39, 0.29) is 0 Å². The van der Waals surface area contributed by atoms with Gasteiger partial charge in [-0.3, -0.25) is 0 Å². The quantitative estimate of drug-likeness (QED) is 0.824. The van der Waals surface area contributed by atoms with Crippen molar-refractivity contribution in [3.63, 3.8) is 0 Å². The van der Waals surface area contributed by atoms with Gasteiger partial charge in [0.1, 0.15) is 12.2 Å². The molecule has 0 aliphatic carbocycles. The van der Waals surface area contributed by atoms with E-state index < -0.39 is 0 Å². The Morgan fingerprint density at radius 3 is 2.74 bits per heavy atom. The number of rotatable bonds is 7. The SMILES string of the molecule is CCn1ncnc1CNCc1ccccc1COC. The van der Waals surface area contributed by atoms with Crippen molar-refractivity contribution in [1.29, 1.82) is 0 Å². The fourth-order valence-electron chi connectivity index (χ4n) is 2.02. The molecule has 19 heavy (non-hydrogen) atoms. The van der Waals surface area contributed by atoms with Gasteiger partial charge in [-0.25, -0.2) is 9.67 Å². The van der Waals surface area contributed by atoms with Crippen LogP contribution in [-0.4, -0.2) is 21.9 Å². The van der Waals surface area contributed by atoms with Crippen LogP contribution in [0.3, 0.4) is 0 Å². The van der Waals surface area contributed by atoms with Crippen LogP contribution in [0.1, 0.15) is 23.9 Å². The monoisotopic (exact) mass is 260 g/mol. The van der Waals surface area contributed by atoms with E-state index in [9.17, 15) is 0 Å². The van der Waals surface area contributed by atoms with Crippen molar-refractivity contribution in [3.05, 3.63) is 47.5 Å².